The van der Waals surface area contributed by atoms with E-state index in [-0.39, 0.29) is 10.8 Å². The van der Waals surface area contributed by atoms with Gasteiger partial charge in [0.1, 0.15) is 11.0 Å². The molecule has 34 heavy (non-hydrogen) atoms. The topological polar surface area (TPSA) is 25.8 Å². The van der Waals surface area contributed by atoms with Crippen LogP contribution in [0.15, 0.2) is 48.5 Å². The lowest BCUT2D eigenvalue weighted by Crippen LogP contribution is -2.10. The Labute approximate surface area is 208 Å². The van der Waals surface area contributed by atoms with Gasteiger partial charge in [0.25, 0.3) is 0 Å². The maximum Gasteiger partial charge on any atom is 0.113 e. The van der Waals surface area contributed by atoms with E-state index in [2.05, 4.69) is 90.1 Å². The Hall–Kier alpha value is -2.52. The lowest BCUT2D eigenvalue weighted by atomic mass is 9.82. The van der Waals surface area contributed by atoms with Crippen LogP contribution in [0.3, 0.4) is 0 Å². The molecule has 1 heterocycles. The summed E-state index contributed by atoms with van der Waals surface area (Å²) in [7, 11) is 0. The molecule has 5 rings (SSSR count). The second-order valence-corrected chi connectivity index (χ2v) is 12.4. The van der Waals surface area contributed by atoms with Gasteiger partial charge < -0.3 is 0 Å². The highest BCUT2D eigenvalue weighted by atomic mass is 32.1. The van der Waals surface area contributed by atoms with E-state index in [9.17, 15) is 0 Å². The van der Waals surface area contributed by atoms with Crippen LogP contribution >= 0.6 is 11.7 Å². The minimum atomic E-state index is 0.149. The molecule has 0 bridgehead atoms. The van der Waals surface area contributed by atoms with Gasteiger partial charge in [0.15, 0.2) is 0 Å². The van der Waals surface area contributed by atoms with Gasteiger partial charge in [0, 0.05) is 11.1 Å². The first-order chi connectivity index (χ1) is 16.1. The van der Waals surface area contributed by atoms with E-state index in [1.807, 2.05) is 0 Å². The number of hydrogen-bond acceptors (Lipinski definition) is 3. The number of fused-ring (bicyclic) bond motifs is 2. The van der Waals surface area contributed by atoms with Gasteiger partial charge >= 0.3 is 0 Å². The molecule has 1 aromatic heterocycles. The highest BCUT2D eigenvalue weighted by Gasteiger charge is 2.26. The van der Waals surface area contributed by atoms with Crippen LogP contribution in [-0.4, -0.2) is 8.75 Å². The molecule has 0 radical (unpaired) electrons. The van der Waals surface area contributed by atoms with E-state index >= 15 is 0 Å². The van der Waals surface area contributed by atoms with Crippen LogP contribution in [0.25, 0.3) is 33.3 Å². The summed E-state index contributed by atoms with van der Waals surface area (Å²) in [4.78, 5) is 0. The Morgan fingerprint density at radius 3 is 1.29 bits per heavy atom. The van der Waals surface area contributed by atoms with Crippen molar-refractivity contribution < 1.29 is 0 Å². The summed E-state index contributed by atoms with van der Waals surface area (Å²) in [5.74, 6) is 0. The van der Waals surface area contributed by atoms with E-state index in [1.54, 1.807) is 0 Å². The molecule has 3 aromatic carbocycles. The molecule has 0 saturated heterocycles. The summed E-state index contributed by atoms with van der Waals surface area (Å²) in [5, 5.41) is 0. The van der Waals surface area contributed by atoms with Gasteiger partial charge in [-0.1, -0.05) is 96.5 Å². The van der Waals surface area contributed by atoms with Crippen LogP contribution in [0.2, 0.25) is 0 Å². The number of rotatable bonds is 2. The van der Waals surface area contributed by atoms with Crippen LogP contribution in [-0.2, 0) is 23.7 Å². The van der Waals surface area contributed by atoms with Crippen LogP contribution in [0.4, 0.5) is 0 Å². The fraction of sp³-hybridized carbons (Fsp3) is 0.419. The molecule has 176 valence electrons. The summed E-state index contributed by atoms with van der Waals surface area (Å²) >= 11 is 1.35. The molecule has 0 N–H and O–H groups in total. The molecule has 0 aliphatic heterocycles. The number of aromatic nitrogens is 2. The minimum absolute atomic E-state index is 0.149. The second-order valence-electron chi connectivity index (χ2n) is 11.9. The average molecular weight is 469 g/mol. The number of hydrogen-bond donors (Lipinski definition) is 0. The molecule has 1 aliphatic carbocycles. The molecule has 0 spiro atoms. The molecule has 0 saturated carbocycles. The van der Waals surface area contributed by atoms with E-state index in [0.717, 1.165) is 23.9 Å². The first-order valence-corrected chi connectivity index (χ1v) is 13.4. The number of nitrogens with zero attached hydrogens (tertiary/aromatic N) is 2. The van der Waals surface area contributed by atoms with Gasteiger partial charge in [-0.3, -0.25) is 0 Å². The van der Waals surface area contributed by atoms with Crippen LogP contribution in [0.1, 0.15) is 83.1 Å². The molecular weight excluding hydrogens is 432 g/mol. The largest absolute Gasteiger partial charge is 0.172 e. The van der Waals surface area contributed by atoms with Crippen molar-refractivity contribution in [1.29, 1.82) is 0 Å². The zero-order valence-electron chi connectivity index (χ0n) is 21.5. The fourth-order valence-electron chi connectivity index (χ4n) is 5.33. The van der Waals surface area contributed by atoms with E-state index in [1.165, 1.54) is 75.5 Å². The van der Waals surface area contributed by atoms with Crippen molar-refractivity contribution >= 4 is 22.8 Å². The quantitative estimate of drug-likeness (QED) is 0.274. The highest BCUT2D eigenvalue weighted by Crippen LogP contribution is 2.44. The molecule has 0 fully saturated rings. The molecule has 3 heteroatoms. The molecule has 0 amide bonds. The Balaban J connectivity index is 1.74. The summed E-state index contributed by atoms with van der Waals surface area (Å²) in [6, 6.07) is 18.4. The van der Waals surface area contributed by atoms with Gasteiger partial charge in [-0.15, -0.1) is 0 Å². The average Bonchev–Trinajstić information content (AvgIpc) is 3.14. The van der Waals surface area contributed by atoms with Crippen molar-refractivity contribution in [3.8, 4) is 22.3 Å². The Morgan fingerprint density at radius 1 is 0.559 bits per heavy atom. The van der Waals surface area contributed by atoms with Crippen molar-refractivity contribution in [2.24, 2.45) is 0 Å². The minimum Gasteiger partial charge on any atom is -0.172 e. The van der Waals surface area contributed by atoms with Crippen molar-refractivity contribution in [3.63, 3.8) is 0 Å². The third-order valence-corrected chi connectivity index (χ3v) is 7.89. The summed E-state index contributed by atoms with van der Waals surface area (Å²) in [6.07, 6.45) is 6.00. The fourth-order valence-corrected chi connectivity index (χ4v) is 5.89. The Kier molecular flexibility index (Phi) is 5.88. The van der Waals surface area contributed by atoms with Crippen molar-refractivity contribution in [2.75, 3.05) is 0 Å². The lowest BCUT2D eigenvalue weighted by Gasteiger charge is -2.22. The summed E-state index contributed by atoms with van der Waals surface area (Å²) < 4.78 is 9.76. The van der Waals surface area contributed by atoms with Crippen molar-refractivity contribution in [1.82, 2.24) is 8.75 Å². The van der Waals surface area contributed by atoms with Gasteiger partial charge in [-0.05, 0) is 69.9 Å². The molecule has 0 atom stereocenters. The van der Waals surface area contributed by atoms with E-state index in [4.69, 9.17) is 8.75 Å². The molecular formula is C31H36N2S. The SMILES string of the molecule is CC(C)(C)c1ccc(-c2c3c(c(-c4ccc(C(C)(C)C)cc4)c4nsnc24)CCCCC3)cc1. The monoisotopic (exact) mass is 468 g/mol. The highest BCUT2D eigenvalue weighted by molar-refractivity contribution is 7.00. The van der Waals surface area contributed by atoms with Gasteiger partial charge in [0.05, 0.1) is 11.7 Å². The third kappa shape index (κ3) is 4.20. The normalized spacial score (nSPS) is 14.8. The van der Waals surface area contributed by atoms with Crippen LogP contribution in [0, 0.1) is 0 Å². The Morgan fingerprint density at radius 2 is 0.941 bits per heavy atom. The van der Waals surface area contributed by atoms with Gasteiger partial charge in [-0.2, -0.15) is 8.75 Å². The summed E-state index contributed by atoms with van der Waals surface area (Å²) in [5.41, 5.74) is 13.4. The van der Waals surface area contributed by atoms with Crippen molar-refractivity contribution in [3.05, 3.63) is 70.8 Å². The molecule has 0 unspecified atom stereocenters. The van der Waals surface area contributed by atoms with Crippen LogP contribution < -0.4 is 0 Å². The first-order valence-electron chi connectivity index (χ1n) is 12.7. The van der Waals surface area contributed by atoms with Gasteiger partial charge in [0.2, 0.25) is 0 Å². The summed E-state index contributed by atoms with van der Waals surface area (Å²) in [6.45, 7) is 13.6. The third-order valence-electron chi connectivity index (χ3n) is 7.36. The zero-order chi connectivity index (χ0) is 24.1. The van der Waals surface area contributed by atoms with Crippen molar-refractivity contribution in [2.45, 2.75) is 84.5 Å². The smallest absolute Gasteiger partial charge is 0.113 e. The van der Waals surface area contributed by atoms with Crippen LogP contribution in [0.5, 0.6) is 0 Å². The molecule has 4 aromatic rings. The standard InChI is InChI=1S/C31H36N2S/c1-30(2,3)22-16-12-20(13-17-22)26-24-10-8-7-9-11-25(24)27(29-28(26)32-34-33-29)21-14-18-23(19-15-21)31(4,5)6/h12-19H,7-11H2,1-6H3. The molecule has 1 aliphatic rings. The van der Waals surface area contributed by atoms with Gasteiger partial charge in [-0.25, -0.2) is 0 Å². The second kappa shape index (κ2) is 8.61. The molecule has 2 nitrogen and oxygen atoms in total. The predicted octanol–water partition coefficient (Wildman–Crippen LogP) is 8.89. The number of benzene rings is 3. The maximum absolute atomic E-state index is 4.88. The lowest BCUT2D eigenvalue weighted by molar-refractivity contribution is 0.590. The zero-order valence-corrected chi connectivity index (χ0v) is 22.3. The maximum atomic E-state index is 4.88. The first kappa shape index (κ1) is 23.2. The Bertz CT molecular complexity index is 1210. The van der Waals surface area contributed by atoms with E-state index < -0.39 is 0 Å². The van der Waals surface area contributed by atoms with E-state index in [0.29, 0.717) is 0 Å². The predicted molar refractivity (Wildman–Crippen MR) is 147 cm³/mol.